The minimum absolute atomic E-state index is 0.0326. The van der Waals surface area contributed by atoms with E-state index >= 15 is 0 Å². The molecule has 2 aliphatic rings. The van der Waals surface area contributed by atoms with Gasteiger partial charge in [0.15, 0.2) is 5.13 Å². The molecule has 2 heterocycles. The van der Waals surface area contributed by atoms with Gasteiger partial charge in [-0.3, -0.25) is 4.79 Å². The van der Waals surface area contributed by atoms with Gasteiger partial charge in [-0.1, -0.05) is 55.6 Å². The quantitative estimate of drug-likeness (QED) is 0.387. The largest absolute Gasteiger partial charge is 0.384 e. The lowest BCUT2D eigenvalue weighted by molar-refractivity contribution is -0.122. The molecule has 1 aliphatic heterocycles. The Morgan fingerprint density at radius 3 is 2.88 bits per heavy atom. The number of hydrogen-bond donors (Lipinski definition) is 3. The number of hydrogen-bond acceptors (Lipinski definition) is 5. The Morgan fingerprint density at radius 2 is 2.03 bits per heavy atom. The molecule has 1 unspecified atom stereocenters. The number of nitrogens with zero attached hydrogens (tertiary/aromatic N) is 1. The summed E-state index contributed by atoms with van der Waals surface area (Å²) in [5.41, 5.74) is 2.97. The van der Waals surface area contributed by atoms with Gasteiger partial charge in [-0.25, -0.2) is 9.37 Å². The summed E-state index contributed by atoms with van der Waals surface area (Å²) >= 11 is 1.60. The molecule has 1 amide bonds. The van der Waals surface area contributed by atoms with Crippen molar-refractivity contribution in [2.75, 3.05) is 23.7 Å². The zero-order valence-electron chi connectivity index (χ0n) is 18.8. The van der Waals surface area contributed by atoms with Crippen LogP contribution in [-0.4, -0.2) is 30.0 Å². The number of para-hydroxylation sites is 1. The molecular formula is C26H31FN4OS. The highest BCUT2D eigenvalue weighted by atomic mass is 32.1. The molecule has 0 spiro atoms. The normalized spacial score (nSPS) is 19.1. The molecule has 5 nitrogen and oxygen atoms in total. The second-order valence-electron chi connectivity index (χ2n) is 9.31. The Morgan fingerprint density at radius 1 is 1.18 bits per heavy atom. The first kappa shape index (κ1) is 22.1. The highest BCUT2D eigenvalue weighted by Gasteiger charge is 2.27. The Hall–Kier alpha value is -2.67. The van der Waals surface area contributed by atoms with Crippen LogP contribution in [0.15, 0.2) is 42.5 Å². The molecule has 0 bridgehead atoms. The fraction of sp³-hybridized carbons (Fsp3) is 0.462. The van der Waals surface area contributed by atoms with Crippen molar-refractivity contribution in [1.29, 1.82) is 0 Å². The maximum atomic E-state index is 13.7. The second-order valence-corrected chi connectivity index (χ2v) is 10.3. The smallest absolute Gasteiger partial charge is 0.242 e. The number of fused-ring (bicyclic) bond motifs is 2. The average Bonchev–Trinajstić information content (AvgIpc) is 3.42. The molecule has 2 atom stereocenters. The molecule has 7 heteroatoms. The van der Waals surface area contributed by atoms with E-state index in [4.69, 9.17) is 0 Å². The fourth-order valence-electron chi connectivity index (χ4n) is 5.20. The van der Waals surface area contributed by atoms with Crippen LogP contribution < -0.4 is 16.0 Å². The van der Waals surface area contributed by atoms with Gasteiger partial charge in [0.1, 0.15) is 11.9 Å². The summed E-state index contributed by atoms with van der Waals surface area (Å²) in [6.45, 7) is 1.36. The van der Waals surface area contributed by atoms with Gasteiger partial charge in [0.25, 0.3) is 0 Å². The van der Waals surface area contributed by atoms with E-state index < -0.39 is 0 Å². The van der Waals surface area contributed by atoms with E-state index in [2.05, 4.69) is 27.0 Å². The van der Waals surface area contributed by atoms with Crippen molar-refractivity contribution in [2.24, 2.45) is 5.92 Å². The number of amides is 1. The lowest BCUT2D eigenvalue weighted by Crippen LogP contribution is -2.41. The van der Waals surface area contributed by atoms with Crippen LogP contribution in [0.5, 0.6) is 0 Å². The maximum absolute atomic E-state index is 13.7. The van der Waals surface area contributed by atoms with E-state index in [0.29, 0.717) is 12.5 Å². The first-order valence-corrected chi connectivity index (χ1v) is 12.9. The lowest BCUT2D eigenvalue weighted by atomic mass is 9.84. The van der Waals surface area contributed by atoms with Crippen molar-refractivity contribution in [1.82, 2.24) is 10.3 Å². The monoisotopic (exact) mass is 466 g/mol. The van der Waals surface area contributed by atoms with E-state index in [9.17, 15) is 9.18 Å². The number of carbonyl (C=O) groups excluding carboxylic acids is 1. The molecule has 1 saturated carbocycles. The third-order valence-corrected chi connectivity index (χ3v) is 7.95. The summed E-state index contributed by atoms with van der Waals surface area (Å²) in [6, 6.07) is 12.7. The van der Waals surface area contributed by atoms with Gasteiger partial charge in [-0.05, 0) is 54.7 Å². The molecule has 2 aromatic carbocycles. The van der Waals surface area contributed by atoms with E-state index in [1.807, 2.05) is 18.2 Å². The van der Waals surface area contributed by atoms with Crippen LogP contribution in [-0.2, 0) is 4.79 Å². The summed E-state index contributed by atoms with van der Waals surface area (Å²) in [4.78, 5) is 17.9. The number of carbonyl (C=O) groups is 1. The third kappa shape index (κ3) is 5.29. The molecule has 1 aromatic heterocycles. The van der Waals surface area contributed by atoms with Gasteiger partial charge < -0.3 is 16.0 Å². The van der Waals surface area contributed by atoms with E-state index in [1.165, 1.54) is 38.2 Å². The average molecular weight is 467 g/mol. The standard InChI is InChI=1S/C26H31FN4OS/c27-19-10-11-21-20(15-19)18(16-29-21)12-13-28-25(32)23(14-17-6-2-1-3-7-17)31-26-30-22-8-4-5-9-24(22)33-26/h4-5,8-11,15,17-18,23,29H,1-3,6-7,12-14,16H2,(H,28,32)(H,30,31)/t18?,23-/m0/s1. The van der Waals surface area contributed by atoms with Crippen molar-refractivity contribution in [3.05, 3.63) is 53.8 Å². The van der Waals surface area contributed by atoms with Crippen molar-refractivity contribution >= 4 is 38.3 Å². The van der Waals surface area contributed by atoms with Gasteiger partial charge in [-0.15, -0.1) is 0 Å². The lowest BCUT2D eigenvalue weighted by Gasteiger charge is -2.26. The number of anilines is 2. The molecular weight excluding hydrogens is 435 g/mol. The topological polar surface area (TPSA) is 66.1 Å². The zero-order valence-corrected chi connectivity index (χ0v) is 19.6. The highest BCUT2D eigenvalue weighted by Crippen LogP contribution is 2.34. The molecule has 1 fully saturated rings. The zero-order chi connectivity index (χ0) is 22.6. The summed E-state index contributed by atoms with van der Waals surface area (Å²) in [5.74, 6) is 0.611. The minimum Gasteiger partial charge on any atom is -0.384 e. The Balaban J connectivity index is 1.22. The van der Waals surface area contributed by atoms with Crippen LogP contribution in [0.4, 0.5) is 15.2 Å². The number of thiazole rings is 1. The number of aromatic nitrogens is 1. The number of rotatable bonds is 8. The molecule has 0 saturated heterocycles. The van der Waals surface area contributed by atoms with Gasteiger partial charge >= 0.3 is 0 Å². The van der Waals surface area contributed by atoms with Crippen molar-refractivity contribution < 1.29 is 9.18 Å². The molecule has 3 aromatic rings. The van der Waals surface area contributed by atoms with Crippen LogP contribution in [0, 0.1) is 11.7 Å². The van der Waals surface area contributed by atoms with Crippen LogP contribution >= 0.6 is 11.3 Å². The SMILES string of the molecule is O=C(NCCC1CNc2ccc(F)cc21)[C@H](CC1CCCCC1)Nc1nc2ccccc2s1. The van der Waals surface area contributed by atoms with E-state index in [-0.39, 0.29) is 23.7 Å². The second kappa shape index (κ2) is 10.1. The number of benzene rings is 2. The van der Waals surface area contributed by atoms with Gasteiger partial charge in [-0.2, -0.15) is 0 Å². The summed E-state index contributed by atoms with van der Waals surface area (Å²) in [7, 11) is 0. The molecule has 3 N–H and O–H groups in total. The molecule has 0 radical (unpaired) electrons. The predicted octanol–water partition coefficient (Wildman–Crippen LogP) is 5.90. The summed E-state index contributed by atoms with van der Waals surface area (Å²) in [6.07, 6.45) is 7.82. The first-order chi connectivity index (χ1) is 16.2. The third-order valence-electron chi connectivity index (χ3n) is 6.99. The van der Waals surface area contributed by atoms with Crippen molar-refractivity contribution in [2.45, 2.75) is 56.9 Å². The summed E-state index contributed by atoms with van der Waals surface area (Å²) in [5, 5.41) is 10.7. The number of nitrogens with one attached hydrogen (secondary N) is 3. The van der Waals surface area contributed by atoms with Crippen molar-refractivity contribution in [3.63, 3.8) is 0 Å². The van der Waals surface area contributed by atoms with Crippen LogP contribution in [0.1, 0.15) is 56.4 Å². The molecule has 5 rings (SSSR count). The Bertz CT molecular complexity index is 1080. The van der Waals surface area contributed by atoms with Gasteiger partial charge in [0, 0.05) is 24.7 Å². The maximum Gasteiger partial charge on any atom is 0.242 e. The van der Waals surface area contributed by atoms with Crippen molar-refractivity contribution in [3.8, 4) is 0 Å². The Kier molecular flexibility index (Phi) is 6.76. The first-order valence-electron chi connectivity index (χ1n) is 12.1. The van der Waals surface area contributed by atoms with Crippen LogP contribution in [0.3, 0.4) is 0 Å². The molecule has 1 aliphatic carbocycles. The van der Waals surface area contributed by atoms with Gasteiger partial charge in [0.05, 0.1) is 10.2 Å². The Labute approximate surface area is 198 Å². The fourth-order valence-corrected chi connectivity index (χ4v) is 6.11. The van der Waals surface area contributed by atoms with E-state index in [1.54, 1.807) is 23.5 Å². The predicted molar refractivity (Wildman–Crippen MR) is 133 cm³/mol. The molecule has 174 valence electrons. The van der Waals surface area contributed by atoms with E-state index in [0.717, 1.165) is 46.0 Å². The van der Waals surface area contributed by atoms with Crippen LogP contribution in [0.2, 0.25) is 0 Å². The highest BCUT2D eigenvalue weighted by molar-refractivity contribution is 7.22. The summed E-state index contributed by atoms with van der Waals surface area (Å²) < 4.78 is 14.8. The van der Waals surface area contributed by atoms with Crippen LogP contribution in [0.25, 0.3) is 10.2 Å². The molecule has 33 heavy (non-hydrogen) atoms. The van der Waals surface area contributed by atoms with Gasteiger partial charge in [0.2, 0.25) is 5.91 Å². The number of halogens is 1. The minimum atomic E-state index is -0.292.